The highest BCUT2D eigenvalue weighted by molar-refractivity contribution is 7.10. The van der Waals surface area contributed by atoms with Crippen LogP contribution in [0.1, 0.15) is 49.5 Å². The van der Waals surface area contributed by atoms with Gasteiger partial charge in [0.2, 0.25) is 5.91 Å². The molecule has 5 nitrogen and oxygen atoms in total. The molecule has 21 heavy (non-hydrogen) atoms. The van der Waals surface area contributed by atoms with Crippen LogP contribution in [0.4, 0.5) is 0 Å². The molecule has 0 bridgehead atoms. The van der Waals surface area contributed by atoms with Crippen molar-refractivity contribution >= 4 is 23.1 Å². The van der Waals surface area contributed by atoms with E-state index in [2.05, 4.69) is 16.6 Å². The third-order valence-electron chi connectivity index (χ3n) is 3.99. The van der Waals surface area contributed by atoms with E-state index < -0.39 is 0 Å². The van der Waals surface area contributed by atoms with E-state index in [1.54, 1.807) is 11.3 Å². The van der Waals surface area contributed by atoms with Crippen molar-refractivity contribution < 1.29 is 10.0 Å². The summed E-state index contributed by atoms with van der Waals surface area (Å²) in [7, 11) is 0. The van der Waals surface area contributed by atoms with Crippen LogP contribution in [0.2, 0.25) is 0 Å². The van der Waals surface area contributed by atoms with E-state index in [0.717, 1.165) is 19.3 Å². The van der Waals surface area contributed by atoms with Gasteiger partial charge in [0.05, 0.1) is 5.92 Å². The average Bonchev–Trinajstić information content (AvgIpc) is 2.94. The summed E-state index contributed by atoms with van der Waals surface area (Å²) < 4.78 is 0. The molecular weight excluding hydrogens is 286 g/mol. The fourth-order valence-corrected chi connectivity index (χ4v) is 3.84. The van der Waals surface area contributed by atoms with Gasteiger partial charge < -0.3 is 15.8 Å². The van der Waals surface area contributed by atoms with Crippen LogP contribution in [-0.4, -0.2) is 34.4 Å². The molecule has 0 aromatic carbocycles. The Labute approximate surface area is 129 Å². The van der Waals surface area contributed by atoms with Gasteiger partial charge in [-0.1, -0.05) is 5.16 Å². The summed E-state index contributed by atoms with van der Waals surface area (Å²) in [6, 6.07) is 2.19. The van der Waals surface area contributed by atoms with Gasteiger partial charge in [-0.15, -0.1) is 11.3 Å². The second-order valence-electron chi connectivity index (χ2n) is 5.71. The molecule has 116 valence electrons. The topological polar surface area (TPSA) is 78.9 Å². The molecule has 0 aliphatic heterocycles. The first-order valence-corrected chi connectivity index (χ1v) is 8.25. The van der Waals surface area contributed by atoms with E-state index in [4.69, 9.17) is 10.9 Å². The number of rotatable bonds is 5. The van der Waals surface area contributed by atoms with Gasteiger partial charge in [-0.2, -0.15) is 0 Å². The Morgan fingerprint density at radius 2 is 2.38 bits per heavy atom. The Morgan fingerprint density at radius 3 is 3.05 bits per heavy atom. The SMILES string of the molecule is CC(C)N(CC/C(N)=N/O)C(=O)C1CCCc2sccc21. The minimum Gasteiger partial charge on any atom is -0.409 e. The molecule has 0 saturated heterocycles. The highest BCUT2D eigenvalue weighted by Crippen LogP contribution is 2.36. The Kier molecular flexibility index (Phi) is 5.22. The number of carbonyl (C=O) groups excluding carboxylic acids is 1. The standard InChI is InChI=1S/C15H23N3O2S/c1-10(2)18(8-6-14(16)17-20)15(19)12-4-3-5-13-11(12)7-9-21-13/h7,9-10,12,20H,3-6,8H2,1-2H3,(H2,16,17). The number of amides is 1. The Morgan fingerprint density at radius 1 is 1.62 bits per heavy atom. The summed E-state index contributed by atoms with van der Waals surface area (Å²) in [5, 5.41) is 13.7. The minimum absolute atomic E-state index is 0.0327. The summed E-state index contributed by atoms with van der Waals surface area (Å²) in [4.78, 5) is 16.1. The van der Waals surface area contributed by atoms with Gasteiger partial charge in [-0.25, -0.2) is 0 Å². The summed E-state index contributed by atoms with van der Waals surface area (Å²) >= 11 is 1.75. The molecule has 1 amide bonds. The van der Waals surface area contributed by atoms with Gasteiger partial charge in [-0.3, -0.25) is 4.79 Å². The lowest BCUT2D eigenvalue weighted by atomic mass is 9.86. The summed E-state index contributed by atoms with van der Waals surface area (Å²) in [6.07, 6.45) is 3.46. The number of hydrogen-bond acceptors (Lipinski definition) is 4. The largest absolute Gasteiger partial charge is 0.409 e. The van der Waals surface area contributed by atoms with Crippen molar-refractivity contribution in [3.63, 3.8) is 0 Å². The molecule has 0 radical (unpaired) electrons. The number of fused-ring (bicyclic) bond motifs is 1. The highest BCUT2D eigenvalue weighted by atomic mass is 32.1. The van der Waals surface area contributed by atoms with Gasteiger partial charge in [0.15, 0.2) is 0 Å². The number of thiophene rings is 1. The first kappa shape index (κ1) is 15.8. The van der Waals surface area contributed by atoms with Crippen LogP contribution >= 0.6 is 11.3 Å². The molecule has 0 spiro atoms. The van der Waals surface area contributed by atoms with Crippen LogP contribution in [-0.2, 0) is 11.2 Å². The third-order valence-corrected chi connectivity index (χ3v) is 4.99. The zero-order valence-corrected chi connectivity index (χ0v) is 13.4. The lowest BCUT2D eigenvalue weighted by Gasteiger charge is -2.32. The number of nitrogens with two attached hydrogens (primary N) is 1. The van der Waals surface area contributed by atoms with Crippen LogP contribution in [0, 0.1) is 0 Å². The normalized spacial score (nSPS) is 18.6. The lowest BCUT2D eigenvalue weighted by Crippen LogP contribution is -2.42. The van der Waals surface area contributed by atoms with E-state index in [9.17, 15) is 4.79 Å². The van der Waals surface area contributed by atoms with E-state index in [1.807, 2.05) is 18.7 Å². The molecule has 0 fully saturated rings. The molecule has 1 unspecified atom stereocenters. The second-order valence-corrected chi connectivity index (χ2v) is 6.71. The second kappa shape index (κ2) is 6.93. The van der Waals surface area contributed by atoms with Crippen LogP contribution in [0.25, 0.3) is 0 Å². The Balaban J connectivity index is 2.13. The van der Waals surface area contributed by atoms with E-state index in [0.29, 0.717) is 13.0 Å². The quantitative estimate of drug-likeness (QED) is 0.380. The summed E-state index contributed by atoms with van der Waals surface area (Å²) in [5.41, 5.74) is 6.72. The Hall–Kier alpha value is -1.56. The van der Waals surface area contributed by atoms with Crippen LogP contribution in [0.3, 0.4) is 0 Å². The molecule has 1 aromatic rings. The van der Waals surface area contributed by atoms with Crippen LogP contribution in [0.15, 0.2) is 16.6 Å². The van der Waals surface area contributed by atoms with Crippen molar-refractivity contribution in [2.75, 3.05) is 6.54 Å². The van der Waals surface area contributed by atoms with Crippen molar-refractivity contribution in [2.24, 2.45) is 10.9 Å². The maximum absolute atomic E-state index is 12.9. The smallest absolute Gasteiger partial charge is 0.230 e. The zero-order valence-electron chi connectivity index (χ0n) is 12.6. The first-order chi connectivity index (χ1) is 10.0. The number of nitrogens with zero attached hydrogens (tertiary/aromatic N) is 2. The number of oxime groups is 1. The molecule has 0 saturated carbocycles. The molecule has 1 aliphatic carbocycles. The fourth-order valence-electron chi connectivity index (χ4n) is 2.85. The van der Waals surface area contributed by atoms with Crippen LogP contribution < -0.4 is 5.73 Å². The maximum Gasteiger partial charge on any atom is 0.230 e. The fraction of sp³-hybridized carbons (Fsp3) is 0.600. The summed E-state index contributed by atoms with van der Waals surface area (Å²) in [5.74, 6) is 0.290. The highest BCUT2D eigenvalue weighted by Gasteiger charge is 2.31. The molecule has 1 atom stereocenters. The number of carbonyl (C=O) groups is 1. The van der Waals surface area contributed by atoms with Gasteiger partial charge in [0, 0.05) is 23.9 Å². The minimum atomic E-state index is -0.0327. The van der Waals surface area contributed by atoms with E-state index in [1.165, 1.54) is 10.4 Å². The van der Waals surface area contributed by atoms with Gasteiger partial charge in [-0.05, 0) is 50.1 Å². The predicted octanol–water partition coefficient (Wildman–Crippen LogP) is 2.54. The van der Waals surface area contributed by atoms with E-state index in [-0.39, 0.29) is 23.7 Å². The van der Waals surface area contributed by atoms with Crippen molar-refractivity contribution in [1.29, 1.82) is 0 Å². The van der Waals surface area contributed by atoms with Crippen LogP contribution in [0.5, 0.6) is 0 Å². The van der Waals surface area contributed by atoms with Gasteiger partial charge in [0.25, 0.3) is 0 Å². The molecule has 1 heterocycles. The molecule has 6 heteroatoms. The molecule has 1 aromatic heterocycles. The molecule has 2 rings (SSSR count). The van der Waals surface area contributed by atoms with E-state index >= 15 is 0 Å². The maximum atomic E-state index is 12.9. The van der Waals surface area contributed by atoms with Gasteiger partial charge in [0.1, 0.15) is 5.84 Å². The zero-order chi connectivity index (χ0) is 15.4. The van der Waals surface area contributed by atoms with Crippen molar-refractivity contribution in [3.05, 3.63) is 21.9 Å². The van der Waals surface area contributed by atoms with Crippen molar-refractivity contribution in [3.8, 4) is 0 Å². The molecular formula is C15H23N3O2S. The number of amidine groups is 1. The number of aryl methyl sites for hydroxylation is 1. The summed E-state index contributed by atoms with van der Waals surface area (Å²) in [6.45, 7) is 4.49. The van der Waals surface area contributed by atoms with Gasteiger partial charge >= 0.3 is 0 Å². The average molecular weight is 309 g/mol. The third kappa shape index (κ3) is 3.56. The molecule has 3 N–H and O–H groups in total. The number of hydrogen-bond donors (Lipinski definition) is 2. The predicted molar refractivity (Wildman–Crippen MR) is 84.9 cm³/mol. The Bertz CT molecular complexity index is 525. The van der Waals surface area contributed by atoms with Crippen molar-refractivity contribution in [1.82, 2.24) is 4.90 Å². The van der Waals surface area contributed by atoms with Crippen molar-refractivity contribution in [2.45, 2.75) is 51.5 Å². The lowest BCUT2D eigenvalue weighted by molar-refractivity contribution is -0.134. The first-order valence-electron chi connectivity index (χ1n) is 7.37. The molecule has 1 aliphatic rings. The monoisotopic (exact) mass is 309 g/mol.